The number of ketones is 1. The van der Waals surface area contributed by atoms with Crippen LogP contribution in [0.2, 0.25) is 0 Å². The van der Waals surface area contributed by atoms with E-state index in [9.17, 15) is 14.4 Å². The van der Waals surface area contributed by atoms with Crippen molar-refractivity contribution in [3.8, 4) is 0 Å². The van der Waals surface area contributed by atoms with Crippen molar-refractivity contribution in [2.75, 3.05) is 5.75 Å². The van der Waals surface area contributed by atoms with Crippen LogP contribution < -0.4 is 5.32 Å². The molecule has 1 aromatic carbocycles. The van der Waals surface area contributed by atoms with Crippen LogP contribution in [0.5, 0.6) is 0 Å². The Balaban J connectivity index is 2.19. The van der Waals surface area contributed by atoms with E-state index < -0.39 is 11.4 Å². The van der Waals surface area contributed by atoms with Crippen LogP contribution in [-0.2, 0) is 9.59 Å². The molecule has 0 spiro atoms. The number of carbonyl (C=O) groups is 3. The summed E-state index contributed by atoms with van der Waals surface area (Å²) in [5, 5.41) is 2.21. The van der Waals surface area contributed by atoms with Gasteiger partial charge in [0, 0.05) is 5.56 Å². The zero-order valence-corrected chi connectivity index (χ0v) is 10.0. The minimum atomic E-state index is -1.38. The van der Waals surface area contributed by atoms with Crippen molar-refractivity contribution < 1.29 is 14.4 Å². The average Bonchev–Trinajstić information content (AvgIpc) is 2.58. The standard InChI is InChI=1S/C12H11NO3S/c1-12(9(14)7-17-11(12)16)13-10(15)8-5-3-2-4-6-8/h2-6H,7H2,1H3,(H,13,15). The number of thioether (sulfide) groups is 1. The molecule has 0 aromatic heterocycles. The fourth-order valence-electron chi connectivity index (χ4n) is 1.54. The molecule has 2 rings (SSSR count). The van der Waals surface area contributed by atoms with Crippen LogP contribution in [0.3, 0.4) is 0 Å². The molecule has 1 saturated heterocycles. The van der Waals surface area contributed by atoms with E-state index >= 15 is 0 Å². The molecule has 0 saturated carbocycles. The van der Waals surface area contributed by atoms with Gasteiger partial charge in [-0.25, -0.2) is 0 Å². The van der Waals surface area contributed by atoms with Gasteiger partial charge in [0.05, 0.1) is 5.75 Å². The largest absolute Gasteiger partial charge is 0.333 e. The van der Waals surface area contributed by atoms with Crippen LogP contribution in [0.25, 0.3) is 0 Å². The summed E-state index contributed by atoms with van der Waals surface area (Å²) in [4.78, 5) is 35.1. The first-order valence-electron chi connectivity index (χ1n) is 5.12. The Bertz CT molecular complexity index is 468. The highest BCUT2D eigenvalue weighted by molar-refractivity contribution is 8.15. The number of nitrogens with one attached hydrogen (secondary N) is 1. The van der Waals surface area contributed by atoms with Gasteiger partial charge in [-0.1, -0.05) is 30.0 Å². The van der Waals surface area contributed by atoms with Gasteiger partial charge in [-0.15, -0.1) is 0 Å². The third-order valence-electron chi connectivity index (χ3n) is 2.70. The molecule has 1 amide bonds. The highest BCUT2D eigenvalue weighted by atomic mass is 32.2. The van der Waals surface area contributed by atoms with Crippen molar-refractivity contribution in [1.29, 1.82) is 0 Å². The Morgan fingerprint density at radius 1 is 1.29 bits per heavy atom. The molecule has 1 atom stereocenters. The minimum absolute atomic E-state index is 0.129. The fourth-order valence-corrected chi connectivity index (χ4v) is 2.55. The summed E-state index contributed by atoms with van der Waals surface area (Å²) in [6.45, 7) is 1.46. The van der Waals surface area contributed by atoms with E-state index in [1.54, 1.807) is 30.3 Å². The topological polar surface area (TPSA) is 63.2 Å². The van der Waals surface area contributed by atoms with Gasteiger partial charge in [0.25, 0.3) is 5.91 Å². The Morgan fingerprint density at radius 3 is 2.47 bits per heavy atom. The zero-order valence-electron chi connectivity index (χ0n) is 9.23. The van der Waals surface area contributed by atoms with Crippen molar-refractivity contribution in [2.45, 2.75) is 12.5 Å². The molecule has 1 fully saturated rings. The van der Waals surface area contributed by atoms with Crippen LogP contribution in [0, 0.1) is 0 Å². The molecule has 4 nitrogen and oxygen atoms in total. The molecular formula is C12H11NO3S. The summed E-state index contributed by atoms with van der Waals surface area (Å²) in [7, 11) is 0. The molecule has 1 aliphatic heterocycles. The Hall–Kier alpha value is -1.62. The summed E-state index contributed by atoms with van der Waals surface area (Å²) in [5.41, 5.74) is -0.941. The highest BCUT2D eigenvalue weighted by Crippen LogP contribution is 2.26. The van der Waals surface area contributed by atoms with Crippen molar-refractivity contribution in [3.05, 3.63) is 35.9 Å². The molecule has 0 aliphatic carbocycles. The third kappa shape index (κ3) is 2.10. The van der Waals surface area contributed by atoms with Crippen molar-refractivity contribution in [2.24, 2.45) is 0 Å². The van der Waals surface area contributed by atoms with Crippen LogP contribution in [0.15, 0.2) is 30.3 Å². The van der Waals surface area contributed by atoms with Gasteiger partial charge < -0.3 is 5.32 Å². The Labute approximate surface area is 103 Å². The maximum absolute atomic E-state index is 11.9. The van der Waals surface area contributed by atoms with Crippen molar-refractivity contribution in [1.82, 2.24) is 5.32 Å². The molecule has 1 N–H and O–H groups in total. The number of hydrogen-bond donors (Lipinski definition) is 1. The van der Waals surface area contributed by atoms with E-state index in [2.05, 4.69) is 5.32 Å². The van der Waals surface area contributed by atoms with Gasteiger partial charge in [0.2, 0.25) is 5.12 Å². The number of amides is 1. The van der Waals surface area contributed by atoms with E-state index in [1.165, 1.54) is 6.92 Å². The first kappa shape index (κ1) is 11.9. The van der Waals surface area contributed by atoms with E-state index in [0.717, 1.165) is 11.8 Å². The summed E-state index contributed by atoms with van der Waals surface area (Å²) < 4.78 is 0. The third-order valence-corrected chi connectivity index (χ3v) is 3.78. The Kier molecular flexibility index (Phi) is 3.02. The summed E-state index contributed by atoms with van der Waals surface area (Å²) in [5.74, 6) is -0.529. The van der Waals surface area contributed by atoms with E-state index in [1.807, 2.05) is 0 Å². The van der Waals surface area contributed by atoms with Gasteiger partial charge in [0.1, 0.15) is 0 Å². The van der Waals surface area contributed by atoms with Gasteiger partial charge in [-0.3, -0.25) is 14.4 Å². The second-order valence-corrected chi connectivity index (χ2v) is 4.89. The molecule has 1 heterocycles. The van der Waals surface area contributed by atoms with Crippen LogP contribution >= 0.6 is 11.8 Å². The second-order valence-electron chi connectivity index (χ2n) is 3.94. The molecule has 5 heteroatoms. The monoisotopic (exact) mass is 249 g/mol. The number of rotatable bonds is 2. The molecular weight excluding hydrogens is 238 g/mol. The molecule has 17 heavy (non-hydrogen) atoms. The van der Waals surface area contributed by atoms with Crippen LogP contribution in [0.4, 0.5) is 0 Å². The summed E-state index contributed by atoms with van der Waals surface area (Å²) in [6.07, 6.45) is 0. The van der Waals surface area contributed by atoms with Gasteiger partial charge >= 0.3 is 0 Å². The first-order chi connectivity index (χ1) is 8.04. The lowest BCUT2D eigenvalue weighted by molar-refractivity contribution is -0.127. The predicted octanol–water partition coefficient (Wildman–Crippen LogP) is 1.02. The van der Waals surface area contributed by atoms with Crippen LogP contribution in [-0.4, -0.2) is 28.1 Å². The van der Waals surface area contributed by atoms with Crippen LogP contribution in [0.1, 0.15) is 17.3 Å². The lowest BCUT2D eigenvalue weighted by Crippen LogP contribution is -2.54. The molecule has 0 bridgehead atoms. The normalized spacial score (nSPS) is 23.8. The number of hydrogen-bond acceptors (Lipinski definition) is 4. The van der Waals surface area contributed by atoms with E-state index in [4.69, 9.17) is 0 Å². The van der Waals surface area contributed by atoms with Gasteiger partial charge in [-0.05, 0) is 19.1 Å². The molecule has 88 valence electrons. The zero-order chi connectivity index (χ0) is 12.5. The maximum atomic E-state index is 11.9. The van der Waals surface area contributed by atoms with Crippen molar-refractivity contribution in [3.63, 3.8) is 0 Å². The van der Waals surface area contributed by atoms with Gasteiger partial charge in [-0.2, -0.15) is 0 Å². The predicted molar refractivity (Wildman–Crippen MR) is 64.8 cm³/mol. The SMILES string of the molecule is CC1(NC(=O)c2ccccc2)C(=O)CSC1=O. The Morgan fingerprint density at radius 2 is 1.94 bits per heavy atom. The minimum Gasteiger partial charge on any atom is -0.333 e. The van der Waals surface area contributed by atoms with E-state index in [0.29, 0.717) is 5.56 Å². The number of Topliss-reactive ketones (excluding diaryl/α,β-unsaturated/α-hetero) is 1. The summed E-state index contributed by atoms with van der Waals surface area (Å²) >= 11 is 0.946. The molecule has 1 aromatic rings. The number of carbonyl (C=O) groups excluding carboxylic acids is 3. The lowest BCUT2D eigenvalue weighted by atomic mass is 9.99. The highest BCUT2D eigenvalue weighted by Gasteiger charge is 2.47. The fraction of sp³-hybridized carbons (Fsp3) is 0.250. The lowest BCUT2D eigenvalue weighted by Gasteiger charge is -2.21. The molecule has 0 radical (unpaired) electrons. The first-order valence-corrected chi connectivity index (χ1v) is 6.11. The second kappa shape index (κ2) is 4.33. The quantitative estimate of drug-likeness (QED) is 0.795. The van der Waals surface area contributed by atoms with E-state index in [-0.39, 0.29) is 16.7 Å². The van der Waals surface area contributed by atoms with Crippen molar-refractivity contribution >= 4 is 28.6 Å². The maximum Gasteiger partial charge on any atom is 0.252 e. The number of benzene rings is 1. The molecule has 1 aliphatic rings. The molecule has 1 unspecified atom stereocenters. The smallest absolute Gasteiger partial charge is 0.252 e. The summed E-state index contributed by atoms with van der Waals surface area (Å²) in [6, 6.07) is 8.51. The average molecular weight is 249 g/mol. The van der Waals surface area contributed by atoms with Gasteiger partial charge in [0.15, 0.2) is 11.3 Å².